The van der Waals surface area contributed by atoms with Crippen molar-refractivity contribution < 1.29 is 34.1 Å². The fourth-order valence-corrected chi connectivity index (χ4v) is 7.65. The zero-order chi connectivity index (χ0) is 39.1. The molecular weight excluding hydrogens is 695 g/mol. The van der Waals surface area contributed by atoms with Crippen LogP contribution in [0.1, 0.15) is 127 Å². The normalized spacial score (nSPS) is 18.0. The van der Waals surface area contributed by atoms with E-state index >= 15 is 0 Å². The number of ether oxygens (including phenoxy) is 1. The van der Waals surface area contributed by atoms with Crippen LogP contribution in [-0.4, -0.2) is 87.7 Å². The van der Waals surface area contributed by atoms with Crippen LogP contribution >= 0.6 is 11.3 Å². The Morgan fingerprint density at radius 3 is 2.32 bits per heavy atom. The standard InChI is InChI=1S/C40H63N5O7S/c1-8-19-45(39(49)35(26(6)10-3)44-36(47)31-13-11-12-18-41-31)33(25(4)5)23-34(52-20-9-2)38-43-32(24-53-38)37(48)42-29(21-27(7)40(50)51)22-28-14-16-30(46)17-15-28/h14-17,24-27,29,31,33-35,41,46H,8-13,18-23H2,1-7H3,(H,42,48)(H,44,47)(H,50,51)/t26-,27-,29+,31+,33+,34+,35-/m0/s1. The van der Waals surface area contributed by atoms with Gasteiger partial charge in [0.15, 0.2) is 0 Å². The van der Waals surface area contributed by atoms with Gasteiger partial charge in [-0.15, -0.1) is 11.3 Å². The Morgan fingerprint density at radius 1 is 1.02 bits per heavy atom. The van der Waals surface area contributed by atoms with Crippen LogP contribution in [0.4, 0.5) is 0 Å². The van der Waals surface area contributed by atoms with Gasteiger partial charge in [-0.25, -0.2) is 4.98 Å². The molecule has 0 spiro atoms. The van der Waals surface area contributed by atoms with Crippen LogP contribution in [0.25, 0.3) is 0 Å². The summed E-state index contributed by atoms with van der Waals surface area (Å²) in [6.45, 7) is 15.7. The maximum atomic E-state index is 14.5. The Labute approximate surface area is 319 Å². The van der Waals surface area contributed by atoms with Crippen molar-refractivity contribution in [1.29, 1.82) is 0 Å². The van der Waals surface area contributed by atoms with Crippen molar-refractivity contribution in [1.82, 2.24) is 25.8 Å². The van der Waals surface area contributed by atoms with Gasteiger partial charge in [0.1, 0.15) is 28.6 Å². The quantitative estimate of drug-likeness (QED) is 0.0954. The Balaban J connectivity index is 1.85. The summed E-state index contributed by atoms with van der Waals surface area (Å²) in [7, 11) is 0. The zero-order valence-corrected chi connectivity index (χ0v) is 33.5. The minimum absolute atomic E-state index is 0.0612. The molecule has 0 saturated carbocycles. The van der Waals surface area contributed by atoms with E-state index in [9.17, 15) is 29.4 Å². The van der Waals surface area contributed by atoms with Crippen LogP contribution < -0.4 is 16.0 Å². The highest BCUT2D eigenvalue weighted by Gasteiger charge is 2.37. The number of hydrogen-bond donors (Lipinski definition) is 5. The lowest BCUT2D eigenvalue weighted by molar-refractivity contribution is -0.142. The van der Waals surface area contributed by atoms with Crippen LogP contribution in [-0.2, 0) is 25.5 Å². The third-order valence-electron chi connectivity index (χ3n) is 10.1. The van der Waals surface area contributed by atoms with E-state index in [1.165, 1.54) is 11.3 Å². The molecular formula is C40H63N5O7S. The topological polar surface area (TPSA) is 170 Å². The molecule has 296 valence electrons. The number of carbonyl (C=O) groups excluding carboxylic acids is 3. The molecule has 13 heteroatoms. The number of piperidine rings is 1. The number of amides is 3. The predicted molar refractivity (Wildman–Crippen MR) is 208 cm³/mol. The molecule has 5 N–H and O–H groups in total. The largest absolute Gasteiger partial charge is 0.508 e. The van der Waals surface area contributed by atoms with Crippen molar-refractivity contribution in [2.45, 2.75) is 137 Å². The van der Waals surface area contributed by atoms with E-state index in [1.54, 1.807) is 36.6 Å². The highest BCUT2D eigenvalue weighted by atomic mass is 32.1. The van der Waals surface area contributed by atoms with Crippen LogP contribution in [0.3, 0.4) is 0 Å². The van der Waals surface area contributed by atoms with Gasteiger partial charge in [-0.3, -0.25) is 19.2 Å². The number of thiazole rings is 1. The fourth-order valence-electron chi connectivity index (χ4n) is 6.79. The minimum Gasteiger partial charge on any atom is -0.508 e. The van der Waals surface area contributed by atoms with E-state index < -0.39 is 36.0 Å². The number of aromatic nitrogens is 1. The van der Waals surface area contributed by atoms with Gasteiger partial charge >= 0.3 is 5.97 Å². The third-order valence-corrected chi connectivity index (χ3v) is 11.1. The molecule has 2 aromatic rings. The van der Waals surface area contributed by atoms with Crippen molar-refractivity contribution in [3.8, 4) is 5.75 Å². The van der Waals surface area contributed by atoms with Crippen molar-refractivity contribution in [3.63, 3.8) is 0 Å². The first kappa shape index (κ1) is 43.9. The highest BCUT2D eigenvalue weighted by molar-refractivity contribution is 7.09. The number of rotatable bonds is 22. The summed E-state index contributed by atoms with van der Waals surface area (Å²) < 4.78 is 6.40. The SMILES string of the molecule is CCCO[C@H](C[C@H](C(C)C)N(CCC)C(=O)[C@@H](NC(=O)[C@H]1CCCCN1)[C@@H](C)CC)c1nc(C(=O)N[C@@H](Cc2ccc(O)cc2)C[C@H](C)C(=O)O)cs1. The van der Waals surface area contributed by atoms with Crippen LogP contribution in [0.2, 0.25) is 0 Å². The lowest BCUT2D eigenvalue weighted by Crippen LogP contribution is -2.58. The second kappa shape index (κ2) is 22.0. The number of aromatic hydroxyl groups is 1. The predicted octanol–water partition coefficient (Wildman–Crippen LogP) is 6.09. The Kier molecular flexibility index (Phi) is 18.2. The van der Waals surface area contributed by atoms with Crippen LogP contribution in [0.5, 0.6) is 5.75 Å². The summed E-state index contributed by atoms with van der Waals surface area (Å²) in [5, 5.41) is 31.0. The summed E-state index contributed by atoms with van der Waals surface area (Å²) in [5.74, 6) is -2.14. The van der Waals surface area contributed by atoms with Gasteiger partial charge in [0.05, 0.1) is 12.0 Å². The lowest BCUT2D eigenvalue weighted by Gasteiger charge is -2.39. The van der Waals surface area contributed by atoms with E-state index in [1.807, 2.05) is 32.6 Å². The van der Waals surface area contributed by atoms with Crippen molar-refractivity contribution in [2.75, 3.05) is 19.7 Å². The number of nitrogens with zero attached hydrogens (tertiary/aromatic N) is 2. The molecule has 3 rings (SSSR count). The number of hydrogen-bond acceptors (Lipinski definition) is 9. The number of phenolic OH excluding ortho intramolecular Hbond substituents is 1. The highest BCUT2D eigenvalue weighted by Crippen LogP contribution is 2.32. The molecule has 1 aliphatic rings. The number of phenols is 1. The first-order valence-corrected chi connectivity index (χ1v) is 20.4. The molecule has 0 aliphatic carbocycles. The van der Waals surface area contributed by atoms with Gasteiger partial charge in [0, 0.05) is 37.0 Å². The van der Waals surface area contributed by atoms with Crippen LogP contribution in [0, 0.1) is 17.8 Å². The van der Waals surface area contributed by atoms with Gasteiger partial charge in [0.2, 0.25) is 11.8 Å². The van der Waals surface area contributed by atoms with E-state index in [4.69, 9.17) is 9.72 Å². The summed E-state index contributed by atoms with van der Waals surface area (Å²) in [4.78, 5) is 59.9. The first-order valence-electron chi connectivity index (χ1n) is 19.5. The molecule has 0 bridgehead atoms. The molecule has 1 aromatic carbocycles. The van der Waals surface area contributed by atoms with Crippen molar-refractivity contribution in [3.05, 3.63) is 45.9 Å². The molecule has 2 heterocycles. The first-order chi connectivity index (χ1) is 25.3. The fraction of sp³-hybridized carbons (Fsp3) is 0.675. The van der Waals surface area contributed by atoms with Gasteiger partial charge < -0.3 is 35.8 Å². The molecule has 1 saturated heterocycles. The maximum absolute atomic E-state index is 14.5. The number of aliphatic carboxylic acids is 1. The van der Waals surface area contributed by atoms with Crippen molar-refractivity contribution in [2.24, 2.45) is 17.8 Å². The zero-order valence-electron chi connectivity index (χ0n) is 32.7. The average molecular weight is 758 g/mol. The summed E-state index contributed by atoms with van der Waals surface area (Å²) in [6.07, 6.45) is 5.61. The Hall–Kier alpha value is -3.55. The van der Waals surface area contributed by atoms with Gasteiger partial charge in [-0.2, -0.15) is 0 Å². The Bertz CT molecular complexity index is 1450. The number of carboxylic acid groups (broad SMARTS) is 1. The molecule has 3 amide bonds. The second-order valence-electron chi connectivity index (χ2n) is 14.9. The second-order valence-corrected chi connectivity index (χ2v) is 15.8. The molecule has 1 fully saturated rings. The molecule has 53 heavy (non-hydrogen) atoms. The van der Waals surface area contributed by atoms with Crippen molar-refractivity contribution >= 4 is 35.0 Å². The smallest absolute Gasteiger partial charge is 0.306 e. The van der Waals surface area contributed by atoms with E-state index in [2.05, 4.69) is 29.8 Å². The summed E-state index contributed by atoms with van der Waals surface area (Å²) in [5.41, 5.74) is 1.07. The van der Waals surface area contributed by atoms with Gasteiger partial charge in [0.25, 0.3) is 5.91 Å². The van der Waals surface area contributed by atoms with Gasteiger partial charge in [-0.05, 0) is 74.6 Å². The Morgan fingerprint density at radius 2 is 1.74 bits per heavy atom. The van der Waals surface area contributed by atoms with E-state index in [-0.39, 0.29) is 53.6 Å². The monoisotopic (exact) mass is 757 g/mol. The third kappa shape index (κ3) is 13.4. The molecule has 1 aromatic heterocycles. The molecule has 0 unspecified atom stereocenters. The minimum atomic E-state index is -0.948. The number of carbonyl (C=O) groups is 4. The van der Waals surface area contributed by atoms with Crippen LogP contribution in [0.15, 0.2) is 29.6 Å². The average Bonchev–Trinajstić information content (AvgIpc) is 3.64. The lowest BCUT2D eigenvalue weighted by atomic mass is 9.92. The number of nitrogens with one attached hydrogen (secondary N) is 3. The molecule has 1 aliphatic heterocycles. The summed E-state index contributed by atoms with van der Waals surface area (Å²) >= 11 is 1.33. The maximum Gasteiger partial charge on any atom is 0.306 e. The molecule has 7 atom stereocenters. The number of carboxylic acids is 1. The van der Waals surface area contributed by atoms with Gasteiger partial charge in [-0.1, -0.05) is 73.4 Å². The van der Waals surface area contributed by atoms with E-state index in [0.29, 0.717) is 31.0 Å². The molecule has 0 radical (unpaired) electrons. The summed E-state index contributed by atoms with van der Waals surface area (Å²) in [6, 6.07) is 4.96. The molecule has 12 nitrogen and oxygen atoms in total. The number of benzene rings is 1. The van der Waals surface area contributed by atoms with E-state index in [0.717, 1.165) is 50.6 Å².